The maximum atomic E-state index is 11.6. The van der Waals surface area contributed by atoms with Crippen molar-refractivity contribution >= 4 is 12.0 Å². The second-order valence-electron chi connectivity index (χ2n) is 3.91. The summed E-state index contributed by atoms with van der Waals surface area (Å²) < 4.78 is 4.93. The molecule has 2 aliphatic heterocycles. The molecule has 0 radical (unpaired) electrons. The number of carbonyl (C=O) groups excluding carboxylic acids is 2. The lowest BCUT2D eigenvalue weighted by Gasteiger charge is -2.24. The number of amides is 2. The van der Waals surface area contributed by atoms with Crippen molar-refractivity contribution < 1.29 is 14.3 Å². The van der Waals surface area contributed by atoms with Crippen LogP contribution >= 0.6 is 0 Å². The smallest absolute Gasteiger partial charge is 0.338 e. The van der Waals surface area contributed by atoms with Crippen LogP contribution < -0.4 is 10.6 Å². The molecule has 5 nitrogen and oxygen atoms in total. The van der Waals surface area contributed by atoms with Crippen LogP contribution in [-0.4, -0.2) is 18.6 Å². The van der Waals surface area contributed by atoms with Gasteiger partial charge in [-0.15, -0.1) is 0 Å². The number of esters is 1. The number of rotatable bonds is 1. The maximum Gasteiger partial charge on any atom is 0.338 e. The first-order valence-electron chi connectivity index (χ1n) is 5.28. The minimum atomic E-state index is -0.421. The van der Waals surface area contributed by atoms with Crippen LogP contribution in [0.1, 0.15) is 11.6 Å². The summed E-state index contributed by atoms with van der Waals surface area (Å²) in [7, 11) is 0. The Labute approximate surface area is 97.5 Å². The van der Waals surface area contributed by atoms with Crippen LogP contribution in [0, 0.1) is 0 Å². The van der Waals surface area contributed by atoms with Gasteiger partial charge in [0, 0.05) is 0 Å². The molecular weight excluding hydrogens is 220 g/mol. The van der Waals surface area contributed by atoms with Crippen molar-refractivity contribution in [1.29, 1.82) is 0 Å². The Kier molecular flexibility index (Phi) is 2.11. The fraction of sp³-hybridized carbons (Fsp3) is 0.167. The highest BCUT2D eigenvalue weighted by molar-refractivity contribution is 5.97. The first kappa shape index (κ1) is 9.89. The van der Waals surface area contributed by atoms with Crippen molar-refractivity contribution in [1.82, 2.24) is 10.6 Å². The van der Waals surface area contributed by atoms with Crippen molar-refractivity contribution in [2.24, 2.45) is 0 Å². The van der Waals surface area contributed by atoms with Gasteiger partial charge >= 0.3 is 12.0 Å². The molecule has 2 aliphatic rings. The Bertz CT molecular complexity index is 522. The molecule has 5 heteroatoms. The molecule has 3 rings (SSSR count). The molecule has 2 heterocycles. The fourth-order valence-corrected chi connectivity index (χ4v) is 2.08. The molecule has 0 saturated heterocycles. The van der Waals surface area contributed by atoms with E-state index in [1.807, 2.05) is 30.3 Å². The van der Waals surface area contributed by atoms with Gasteiger partial charge in [0.15, 0.2) is 0 Å². The number of hydrogen-bond acceptors (Lipinski definition) is 3. The summed E-state index contributed by atoms with van der Waals surface area (Å²) in [5.41, 5.74) is 1.93. The second-order valence-corrected chi connectivity index (χ2v) is 3.91. The zero-order valence-corrected chi connectivity index (χ0v) is 8.90. The normalized spacial score (nSPS) is 22.7. The minimum absolute atomic E-state index is 0.144. The quantitative estimate of drug-likeness (QED) is 0.703. The van der Waals surface area contributed by atoms with Gasteiger partial charge in [-0.2, -0.15) is 0 Å². The Morgan fingerprint density at radius 3 is 2.71 bits per heavy atom. The van der Waals surface area contributed by atoms with Crippen LogP contribution in [-0.2, 0) is 9.53 Å². The molecule has 1 aromatic rings. The van der Waals surface area contributed by atoms with Gasteiger partial charge in [-0.05, 0) is 5.56 Å². The van der Waals surface area contributed by atoms with Crippen molar-refractivity contribution in [3.63, 3.8) is 0 Å². The van der Waals surface area contributed by atoms with Gasteiger partial charge in [-0.3, -0.25) is 0 Å². The summed E-state index contributed by atoms with van der Waals surface area (Å²) >= 11 is 0. The summed E-state index contributed by atoms with van der Waals surface area (Å²) in [6.07, 6.45) is 0. The van der Waals surface area contributed by atoms with E-state index in [1.54, 1.807) is 0 Å². The van der Waals surface area contributed by atoms with Crippen molar-refractivity contribution in [2.75, 3.05) is 6.61 Å². The highest BCUT2D eigenvalue weighted by atomic mass is 16.5. The van der Waals surface area contributed by atoms with Crippen LogP contribution in [0.5, 0.6) is 0 Å². The summed E-state index contributed by atoms with van der Waals surface area (Å²) in [4.78, 5) is 23.1. The first-order valence-corrected chi connectivity index (χ1v) is 5.28. The standard InChI is InChI=1S/C12H10N2O3/c15-11-9-8(6-17-11)13-12(16)14-10(9)7-4-2-1-3-5-7/h1-5,10H,6H2,(H2,13,14,16). The summed E-state index contributed by atoms with van der Waals surface area (Å²) in [5.74, 6) is -0.374. The molecule has 0 saturated carbocycles. The predicted molar refractivity (Wildman–Crippen MR) is 58.8 cm³/mol. The Morgan fingerprint density at radius 2 is 1.94 bits per heavy atom. The second kappa shape index (κ2) is 3.62. The van der Waals surface area contributed by atoms with Crippen LogP contribution in [0.4, 0.5) is 4.79 Å². The third-order valence-electron chi connectivity index (χ3n) is 2.85. The zero-order valence-electron chi connectivity index (χ0n) is 8.90. The average Bonchev–Trinajstić information content (AvgIpc) is 2.71. The van der Waals surface area contributed by atoms with E-state index >= 15 is 0 Å². The van der Waals surface area contributed by atoms with E-state index in [0.717, 1.165) is 5.56 Å². The van der Waals surface area contributed by atoms with Gasteiger partial charge in [0.05, 0.1) is 17.3 Å². The van der Waals surface area contributed by atoms with E-state index < -0.39 is 6.04 Å². The van der Waals surface area contributed by atoms with Crippen LogP contribution in [0.3, 0.4) is 0 Å². The summed E-state index contributed by atoms with van der Waals surface area (Å²) in [5, 5.41) is 5.32. The fourth-order valence-electron chi connectivity index (χ4n) is 2.08. The summed E-state index contributed by atoms with van der Waals surface area (Å²) in [6.45, 7) is 0.144. The molecule has 1 atom stereocenters. The number of cyclic esters (lactones) is 1. The molecule has 0 spiro atoms. The van der Waals surface area contributed by atoms with Crippen molar-refractivity contribution in [3.8, 4) is 0 Å². The van der Waals surface area contributed by atoms with E-state index in [2.05, 4.69) is 10.6 Å². The van der Waals surface area contributed by atoms with Crippen molar-refractivity contribution in [2.45, 2.75) is 6.04 Å². The van der Waals surface area contributed by atoms with Gasteiger partial charge in [0.25, 0.3) is 0 Å². The van der Waals surface area contributed by atoms with E-state index in [9.17, 15) is 9.59 Å². The molecule has 0 bridgehead atoms. The molecule has 0 fully saturated rings. The molecule has 0 aliphatic carbocycles. The Balaban J connectivity index is 2.06. The zero-order chi connectivity index (χ0) is 11.8. The monoisotopic (exact) mass is 230 g/mol. The molecule has 1 aromatic carbocycles. The Hall–Kier alpha value is -2.30. The van der Waals surface area contributed by atoms with E-state index in [0.29, 0.717) is 11.3 Å². The minimum Gasteiger partial charge on any atom is -0.456 e. The lowest BCUT2D eigenvalue weighted by Crippen LogP contribution is -2.44. The first-order chi connectivity index (χ1) is 8.25. The molecule has 17 heavy (non-hydrogen) atoms. The molecular formula is C12H10N2O3. The molecule has 0 aromatic heterocycles. The lowest BCUT2D eigenvalue weighted by molar-refractivity contribution is -0.136. The Morgan fingerprint density at radius 1 is 1.18 bits per heavy atom. The average molecular weight is 230 g/mol. The van der Waals surface area contributed by atoms with E-state index in [-0.39, 0.29) is 18.6 Å². The summed E-state index contributed by atoms with van der Waals surface area (Å²) in [6, 6.07) is 8.62. The third kappa shape index (κ3) is 1.56. The number of urea groups is 1. The highest BCUT2D eigenvalue weighted by Gasteiger charge is 2.37. The number of nitrogens with one attached hydrogen (secondary N) is 2. The SMILES string of the molecule is O=C1NC2=C(C(=O)OC2)C(c2ccccc2)N1. The van der Waals surface area contributed by atoms with Gasteiger partial charge in [-0.1, -0.05) is 30.3 Å². The maximum absolute atomic E-state index is 11.6. The van der Waals surface area contributed by atoms with Crippen molar-refractivity contribution in [3.05, 3.63) is 47.2 Å². The largest absolute Gasteiger partial charge is 0.456 e. The van der Waals surface area contributed by atoms with E-state index in [1.165, 1.54) is 0 Å². The molecule has 86 valence electrons. The van der Waals surface area contributed by atoms with Crippen LogP contribution in [0.15, 0.2) is 41.6 Å². The number of hydrogen-bond donors (Lipinski definition) is 2. The number of ether oxygens (including phenoxy) is 1. The van der Waals surface area contributed by atoms with Crippen LogP contribution in [0.25, 0.3) is 0 Å². The van der Waals surface area contributed by atoms with Gasteiger partial charge in [0.2, 0.25) is 0 Å². The lowest BCUT2D eigenvalue weighted by atomic mass is 9.96. The molecule has 2 amide bonds. The van der Waals surface area contributed by atoms with Gasteiger partial charge in [-0.25, -0.2) is 9.59 Å². The van der Waals surface area contributed by atoms with Gasteiger partial charge < -0.3 is 15.4 Å². The number of carbonyl (C=O) groups is 2. The number of benzene rings is 1. The highest BCUT2D eigenvalue weighted by Crippen LogP contribution is 2.30. The van der Waals surface area contributed by atoms with Gasteiger partial charge in [0.1, 0.15) is 6.61 Å². The van der Waals surface area contributed by atoms with E-state index in [4.69, 9.17) is 4.74 Å². The topological polar surface area (TPSA) is 67.4 Å². The predicted octanol–water partition coefficient (Wildman–Crippen LogP) is 0.851. The molecule has 1 unspecified atom stereocenters. The molecule has 2 N–H and O–H groups in total. The third-order valence-corrected chi connectivity index (χ3v) is 2.85. The van der Waals surface area contributed by atoms with Crippen LogP contribution in [0.2, 0.25) is 0 Å².